The molecule has 2 aliphatic heterocycles. The molecule has 2 N–H and O–H groups in total. The number of urea groups is 1. The van der Waals surface area contributed by atoms with Gasteiger partial charge in [-0.2, -0.15) is 9.89 Å². The number of aromatic nitrogens is 2. The Bertz CT molecular complexity index is 767. The van der Waals surface area contributed by atoms with Crippen LogP contribution in [0.15, 0.2) is 41.5 Å². The second kappa shape index (κ2) is 6.94. The molecule has 2 aliphatic rings. The second-order valence-electron chi connectivity index (χ2n) is 6.01. The molecule has 0 bridgehead atoms. The van der Waals surface area contributed by atoms with Gasteiger partial charge in [-0.3, -0.25) is 9.89 Å². The van der Waals surface area contributed by atoms with E-state index in [4.69, 9.17) is 4.74 Å². The molecule has 2 aromatic rings. The smallest absolute Gasteiger partial charge is 0.342 e. The first-order valence-electron chi connectivity index (χ1n) is 8.37. The Morgan fingerprint density at radius 2 is 2.08 bits per heavy atom. The third-order valence-corrected chi connectivity index (χ3v) is 4.41. The zero-order valence-electron chi connectivity index (χ0n) is 13.8. The van der Waals surface area contributed by atoms with Crippen LogP contribution >= 0.6 is 0 Å². The standard InChI is InChI=1S/C17H20N6O2/c24-17(21-23-16-13(11-20-23)10-18-12-19-16)22(14-4-2-1-3-5-14)15-6-8-25-9-7-15/h1-5,11-12,15H,6-10H2,(H,18,19)(H,21,24). The molecular formula is C17H20N6O2. The minimum absolute atomic E-state index is 0.0945. The van der Waals surface area contributed by atoms with E-state index in [1.165, 1.54) is 4.79 Å². The van der Waals surface area contributed by atoms with Gasteiger partial charge in [0.2, 0.25) is 0 Å². The summed E-state index contributed by atoms with van der Waals surface area (Å²) in [6, 6.07) is 9.57. The maximum Gasteiger partial charge on any atom is 0.342 e. The summed E-state index contributed by atoms with van der Waals surface area (Å²) in [6.45, 7) is 1.88. The van der Waals surface area contributed by atoms with Crippen molar-refractivity contribution in [2.75, 3.05) is 28.9 Å². The number of carbonyl (C=O) groups excluding carboxylic acids is 1. The van der Waals surface area contributed by atoms with Crippen molar-refractivity contribution in [3.05, 3.63) is 42.1 Å². The summed E-state index contributed by atoms with van der Waals surface area (Å²) in [5.41, 5.74) is 4.68. The molecule has 25 heavy (non-hydrogen) atoms. The molecule has 3 heterocycles. The van der Waals surface area contributed by atoms with Crippen LogP contribution in [0.4, 0.5) is 16.3 Å². The molecule has 8 heteroatoms. The fourth-order valence-electron chi connectivity index (χ4n) is 3.16. The highest BCUT2D eigenvalue weighted by Crippen LogP contribution is 2.24. The lowest BCUT2D eigenvalue weighted by Crippen LogP contribution is -2.48. The Morgan fingerprint density at radius 1 is 1.28 bits per heavy atom. The zero-order valence-corrected chi connectivity index (χ0v) is 13.8. The molecule has 0 spiro atoms. The molecular weight excluding hydrogens is 320 g/mol. The van der Waals surface area contributed by atoms with Crippen LogP contribution in [-0.4, -0.2) is 41.5 Å². The van der Waals surface area contributed by atoms with Crippen molar-refractivity contribution in [3.63, 3.8) is 0 Å². The van der Waals surface area contributed by atoms with Crippen molar-refractivity contribution in [1.29, 1.82) is 0 Å². The second-order valence-corrected chi connectivity index (χ2v) is 6.01. The SMILES string of the molecule is O=C(Nn1ncc2c1NC=NC2)N(c1ccccc1)C1CCOCC1. The topological polar surface area (TPSA) is 83.8 Å². The van der Waals surface area contributed by atoms with E-state index in [1.807, 2.05) is 30.3 Å². The summed E-state index contributed by atoms with van der Waals surface area (Å²) in [5, 5.41) is 7.28. The van der Waals surface area contributed by atoms with Gasteiger partial charge in [-0.1, -0.05) is 18.2 Å². The molecule has 0 radical (unpaired) electrons. The fraction of sp³-hybridized carbons (Fsp3) is 0.353. The van der Waals surface area contributed by atoms with E-state index in [1.54, 1.807) is 17.4 Å². The number of para-hydroxylation sites is 1. The zero-order chi connectivity index (χ0) is 17.1. The predicted octanol–water partition coefficient (Wildman–Crippen LogP) is 2.19. The van der Waals surface area contributed by atoms with Gasteiger partial charge in [0.25, 0.3) is 0 Å². The Morgan fingerprint density at radius 3 is 2.88 bits per heavy atom. The van der Waals surface area contributed by atoms with Crippen LogP contribution in [0.3, 0.4) is 0 Å². The molecule has 8 nitrogen and oxygen atoms in total. The van der Waals surface area contributed by atoms with Crippen molar-refractivity contribution >= 4 is 23.9 Å². The first-order valence-corrected chi connectivity index (χ1v) is 8.37. The third kappa shape index (κ3) is 3.20. The van der Waals surface area contributed by atoms with E-state index in [0.717, 1.165) is 29.9 Å². The summed E-state index contributed by atoms with van der Waals surface area (Å²) >= 11 is 0. The van der Waals surface area contributed by atoms with Gasteiger partial charge < -0.3 is 10.1 Å². The monoisotopic (exact) mass is 340 g/mol. The van der Waals surface area contributed by atoms with Gasteiger partial charge in [-0.05, 0) is 25.0 Å². The largest absolute Gasteiger partial charge is 0.381 e. The van der Waals surface area contributed by atoms with E-state index in [-0.39, 0.29) is 12.1 Å². The van der Waals surface area contributed by atoms with Gasteiger partial charge in [0.1, 0.15) is 0 Å². The number of hydrogen-bond acceptors (Lipinski definition) is 5. The fourth-order valence-corrected chi connectivity index (χ4v) is 3.16. The predicted molar refractivity (Wildman–Crippen MR) is 95.6 cm³/mol. The molecule has 0 saturated carbocycles. The summed E-state index contributed by atoms with van der Waals surface area (Å²) in [5.74, 6) is 0.739. The molecule has 0 unspecified atom stereocenters. The van der Waals surface area contributed by atoms with Gasteiger partial charge in [0, 0.05) is 30.5 Å². The Kier molecular flexibility index (Phi) is 4.34. The molecule has 4 rings (SSSR count). The van der Waals surface area contributed by atoms with Crippen LogP contribution in [0.25, 0.3) is 0 Å². The van der Waals surface area contributed by atoms with Gasteiger partial charge in [0.15, 0.2) is 5.82 Å². The number of rotatable bonds is 3. The maximum absolute atomic E-state index is 13.0. The normalized spacial score (nSPS) is 16.8. The van der Waals surface area contributed by atoms with E-state index in [2.05, 4.69) is 20.8 Å². The Labute approximate surface area is 145 Å². The lowest BCUT2D eigenvalue weighted by molar-refractivity contribution is 0.0858. The average molecular weight is 340 g/mol. The van der Waals surface area contributed by atoms with Gasteiger partial charge in [-0.15, -0.1) is 0 Å². The van der Waals surface area contributed by atoms with E-state index in [9.17, 15) is 4.79 Å². The highest BCUT2D eigenvalue weighted by Gasteiger charge is 2.28. The number of anilines is 2. The quantitative estimate of drug-likeness (QED) is 0.897. The van der Waals surface area contributed by atoms with Crippen LogP contribution < -0.4 is 15.6 Å². The number of aliphatic imine (C=N–C) groups is 1. The first kappa shape index (κ1) is 15.6. The summed E-state index contributed by atoms with van der Waals surface area (Å²) in [4.78, 5) is 20.5. The van der Waals surface area contributed by atoms with E-state index in [0.29, 0.717) is 19.8 Å². The van der Waals surface area contributed by atoms with Gasteiger partial charge in [0.05, 0.1) is 19.1 Å². The summed E-state index contributed by atoms with van der Waals surface area (Å²) < 4.78 is 5.45. The summed E-state index contributed by atoms with van der Waals surface area (Å²) in [7, 11) is 0. The van der Waals surface area contributed by atoms with Crippen LogP contribution in [0.1, 0.15) is 18.4 Å². The minimum atomic E-state index is -0.215. The van der Waals surface area contributed by atoms with Crippen LogP contribution in [0.2, 0.25) is 0 Å². The number of amides is 2. The number of ether oxygens (including phenoxy) is 1. The Balaban J connectivity index is 1.58. The van der Waals surface area contributed by atoms with Crippen molar-refractivity contribution in [2.24, 2.45) is 4.99 Å². The number of fused-ring (bicyclic) bond motifs is 1. The first-order chi connectivity index (χ1) is 12.3. The lowest BCUT2D eigenvalue weighted by atomic mass is 10.1. The number of carbonyl (C=O) groups is 1. The molecule has 0 atom stereocenters. The molecule has 1 aromatic carbocycles. The van der Waals surface area contributed by atoms with Gasteiger partial charge >= 0.3 is 6.03 Å². The number of nitrogens with zero attached hydrogens (tertiary/aromatic N) is 4. The average Bonchev–Trinajstić information content (AvgIpc) is 3.07. The van der Waals surface area contributed by atoms with Gasteiger partial charge in [-0.25, -0.2) is 10.2 Å². The third-order valence-electron chi connectivity index (χ3n) is 4.41. The van der Waals surface area contributed by atoms with Crippen molar-refractivity contribution in [3.8, 4) is 0 Å². The van der Waals surface area contributed by atoms with Crippen LogP contribution in [0.5, 0.6) is 0 Å². The molecule has 1 fully saturated rings. The minimum Gasteiger partial charge on any atom is -0.381 e. The van der Waals surface area contributed by atoms with Crippen molar-refractivity contribution < 1.29 is 9.53 Å². The molecule has 0 aliphatic carbocycles. The van der Waals surface area contributed by atoms with Crippen molar-refractivity contribution in [2.45, 2.75) is 25.4 Å². The molecule has 1 aromatic heterocycles. The number of nitrogens with one attached hydrogen (secondary N) is 2. The highest BCUT2D eigenvalue weighted by molar-refractivity contribution is 5.98. The molecule has 2 amide bonds. The van der Waals surface area contributed by atoms with Crippen LogP contribution in [-0.2, 0) is 11.3 Å². The Hall–Kier alpha value is -2.87. The van der Waals surface area contributed by atoms with Crippen molar-refractivity contribution in [1.82, 2.24) is 9.89 Å². The lowest BCUT2D eigenvalue weighted by Gasteiger charge is -2.34. The molecule has 130 valence electrons. The van der Waals surface area contributed by atoms with E-state index >= 15 is 0 Å². The maximum atomic E-state index is 13.0. The number of hydrogen-bond donors (Lipinski definition) is 2. The highest BCUT2D eigenvalue weighted by atomic mass is 16.5. The van der Waals surface area contributed by atoms with E-state index < -0.39 is 0 Å². The van der Waals surface area contributed by atoms with Crippen LogP contribution in [0, 0.1) is 0 Å². The molecule has 1 saturated heterocycles. The summed E-state index contributed by atoms with van der Waals surface area (Å²) in [6.07, 6.45) is 4.94. The number of benzene rings is 1.